The van der Waals surface area contributed by atoms with Crippen LogP contribution in [-0.2, 0) is 0 Å². The second kappa shape index (κ2) is 3.76. The third-order valence-electron chi connectivity index (χ3n) is 2.04. The van der Waals surface area contributed by atoms with Gasteiger partial charge in [-0.15, -0.1) is 6.42 Å². The molecule has 0 atom stereocenters. The van der Waals surface area contributed by atoms with Crippen LogP contribution in [0.25, 0.3) is 11.1 Å². The highest BCUT2D eigenvalue weighted by Crippen LogP contribution is 2.18. The van der Waals surface area contributed by atoms with Crippen molar-refractivity contribution in [1.82, 2.24) is 4.98 Å². The molecule has 1 aromatic carbocycles. The normalized spacial score (nSPS) is 9.36. The monoisotopic (exact) mass is 179 g/mol. The molecule has 0 bridgehead atoms. The van der Waals surface area contributed by atoms with Crippen molar-refractivity contribution in [3.63, 3.8) is 0 Å². The Morgan fingerprint density at radius 1 is 1.00 bits per heavy atom. The number of aromatic nitrogens is 1. The van der Waals surface area contributed by atoms with Crippen molar-refractivity contribution in [3.05, 3.63) is 54.4 Å². The topological polar surface area (TPSA) is 12.9 Å². The van der Waals surface area contributed by atoms with Crippen LogP contribution in [-0.4, -0.2) is 4.98 Å². The Morgan fingerprint density at radius 2 is 1.79 bits per heavy atom. The zero-order valence-electron chi connectivity index (χ0n) is 7.64. The molecule has 0 radical (unpaired) electrons. The summed E-state index contributed by atoms with van der Waals surface area (Å²) in [4.78, 5) is 3.97. The molecule has 0 amide bonds. The standard InChI is InChI=1S/C13H9N/c1-2-11-4-3-5-13(10-11)12-6-8-14-9-7-12/h1,3-10H. The van der Waals surface area contributed by atoms with Crippen molar-refractivity contribution in [2.24, 2.45) is 0 Å². The lowest BCUT2D eigenvalue weighted by atomic mass is 10.0. The number of hydrogen-bond donors (Lipinski definition) is 0. The van der Waals surface area contributed by atoms with E-state index in [0.717, 1.165) is 16.7 Å². The number of hydrogen-bond acceptors (Lipinski definition) is 1. The minimum atomic E-state index is 0.902. The van der Waals surface area contributed by atoms with E-state index in [0.29, 0.717) is 0 Å². The summed E-state index contributed by atoms with van der Waals surface area (Å²) < 4.78 is 0. The van der Waals surface area contributed by atoms with Crippen LogP contribution < -0.4 is 0 Å². The molecule has 2 rings (SSSR count). The van der Waals surface area contributed by atoms with Crippen LogP contribution in [0.4, 0.5) is 0 Å². The van der Waals surface area contributed by atoms with E-state index in [2.05, 4.69) is 10.9 Å². The molecule has 2 aromatic rings. The minimum absolute atomic E-state index is 0.902. The highest BCUT2D eigenvalue weighted by Gasteiger charge is 1.96. The van der Waals surface area contributed by atoms with Gasteiger partial charge in [0.2, 0.25) is 0 Å². The smallest absolute Gasteiger partial charge is 0.0273 e. The van der Waals surface area contributed by atoms with Crippen LogP contribution >= 0.6 is 0 Å². The Hall–Kier alpha value is -2.07. The lowest BCUT2D eigenvalue weighted by molar-refractivity contribution is 1.33. The number of rotatable bonds is 1. The van der Waals surface area contributed by atoms with Gasteiger partial charge in [0.05, 0.1) is 0 Å². The first-order valence-electron chi connectivity index (χ1n) is 4.37. The number of terminal acetylenes is 1. The van der Waals surface area contributed by atoms with Crippen LogP contribution in [0.15, 0.2) is 48.8 Å². The first-order valence-corrected chi connectivity index (χ1v) is 4.37. The van der Waals surface area contributed by atoms with Crippen molar-refractivity contribution in [1.29, 1.82) is 0 Å². The van der Waals surface area contributed by atoms with E-state index in [-0.39, 0.29) is 0 Å². The van der Waals surface area contributed by atoms with E-state index >= 15 is 0 Å². The SMILES string of the molecule is C#Cc1cccc(-c2ccncc2)c1. The summed E-state index contributed by atoms with van der Waals surface area (Å²) in [6.45, 7) is 0. The molecule has 0 unspecified atom stereocenters. The Kier molecular flexibility index (Phi) is 2.29. The van der Waals surface area contributed by atoms with Crippen LogP contribution in [0.3, 0.4) is 0 Å². The van der Waals surface area contributed by atoms with Gasteiger partial charge in [0.1, 0.15) is 0 Å². The molecule has 0 spiro atoms. The summed E-state index contributed by atoms with van der Waals surface area (Å²) in [7, 11) is 0. The zero-order valence-corrected chi connectivity index (χ0v) is 7.64. The van der Waals surface area contributed by atoms with Gasteiger partial charge >= 0.3 is 0 Å². The van der Waals surface area contributed by atoms with Crippen molar-refractivity contribution in [3.8, 4) is 23.5 Å². The first-order chi connectivity index (χ1) is 6.90. The van der Waals surface area contributed by atoms with E-state index in [1.165, 1.54) is 0 Å². The molecule has 0 aliphatic rings. The molecule has 0 N–H and O–H groups in total. The Morgan fingerprint density at radius 3 is 2.50 bits per heavy atom. The van der Waals surface area contributed by atoms with Gasteiger partial charge in [0.15, 0.2) is 0 Å². The van der Waals surface area contributed by atoms with E-state index in [1.54, 1.807) is 12.4 Å². The van der Waals surface area contributed by atoms with Gasteiger partial charge in [-0.2, -0.15) is 0 Å². The summed E-state index contributed by atoms with van der Waals surface area (Å²) in [5.74, 6) is 2.62. The first kappa shape index (κ1) is 8.52. The van der Waals surface area contributed by atoms with E-state index < -0.39 is 0 Å². The third kappa shape index (κ3) is 1.65. The summed E-state index contributed by atoms with van der Waals surface area (Å²) in [6.07, 6.45) is 8.89. The van der Waals surface area contributed by atoms with Crippen LogP contribution in [0.5, 0.6) is 0 Å². The summed E-state index contributed by atoms with van der Waals surface area (Å²) >= 11 is 0. The Balaban J connectivity index is 2.49. The summed E-state index contributed by atoms with van der Waals surface area (Å²) in [6, 6.07) is 11.9. The van der Waals surface area contributed by atoms with E-state index in [9.17, 15) is 0 Å². The Bertz CT molecular complexity index is 466. The number of nitrogens with zero attached hydrogens (tertiary/aromatic N) is 1. The molecule has 0 aliphatic carbocycles. The van der Waals surface area contributed by atoms with Crippen LogP contribution in [0, 0.1) is 12.3 Å². The molecule has 0 aliphatic heterocycles. The molecule has 0 saturated carbocycles. The maximum absolute atomic E-state index is 5.33. The van der Waals surface area contributed by atoms with E-state index in [4.69, 9.17) is 6.42 Å². The van der Waals surface area contributed by atoms with Crippen molar-refractivity contribution in [2.75, 3.05) is 0 Å². The second-order valence-corrected chi connectivity index (χ2v) is 2.96. The fraction of sp³-hybridized carbons (Fsp3) is 0. The highest BCUT2D eigenvalue weighted by atomic mass is 14.6. The average Bonchev–Trinajstić information content (AvgIpc) is 2.30. The summed E-state index contributed by atoms with van der Waals surface area (Å²) in [5.41, 5.74) is 3.17. The highest BCUT2D eigenvalue weighted by molar-refractivity contribution is 5.64. The van der Waals surface area contributed by atoms with Gasteiger partial charge in [0, 0.05) is 18.0 Å². The van der Waals surface area contributed by atoms with Crippen molar-refractivity contribution < 1.29 is 0 Å². The zero-order chi connectivity index (χ0) is 9.80. The number of benzene rings is 1. The largest absolute Gasteiger partial charge is 0.265 e. The summed E-state index contributed by atoms with van der Waals surface area (Å²) in [5, 5.41) is 0. The third-order valence-corrected chi connectivity index (χ3v) is 2.04. The fourth-order valence-electron chi connectivity index (χ4n) is 1.33. The molecule has 1 heteroatoms. The molecule has 66 valence electrons. The predicted molar refractivity (Wildman–Crippen MR) is 57.6 cm³/mol. The molecular weight excluding hydrogens is 170 g/mol. The van der Waals surface area contributed by atoms with Crippen LogP contribution in [0.1, 0.15) is 5.56 Å². The van der Waals surface area contributed by atoms with Crippen molar-refractivity contribution >= 4 is 0 Å². The van der Waals surface area contributed by atoms with Gasteiger partial charge in [-0.3, -0.25) is 4.98 Å². The lowest BCUT2D eigenvalue weighted by Crippen LogP contribution is -1.79. The molecular formula is C13H9N. The molecule has 0 saturated heterocycles. The average molecular weight is 179 g/mol. The fourth-order valence-corrected chi connectivity index (χ4v) is 1.33. The molecule has 14 heavy (non-hydrogen) atoms. The van der Waals surface area contributed by atoms with Crippen molar-refractivity contribution in [2.45, 2.75) is 0 Å². The van der Waals surface area contributed by atoms with Gasteiger partial charge in [-0.1, -0.05) is 18.1 Å². The maximum atomic E-state index is 5.33. The van der Waals surface area contributed by atoms with Gasteiger partial charge in [-0.05, 0) is 35.4 Å². The van der Waals surface area contributed by atoms with Gasteiger partial charge < -0.3 is 0 Å². The minimum Gasteiger partial charge on any atom is -0.265 e. The maximum Gasteiger partial charge on any atom is 0.0273 e. The predicted octanol–water partition coefficient (Wildman–Crippen LogP) is 2.73. The lowest BCUT2D eigenvalue weighted by Gasteiger charge is -2.00. The second-order valence-electron chi connectivity index (χ2n) is 2.96. The van der Waals surface area contributed by atoms with Gasteiger partial charge in [-0.25, -0.2) is 0 Å². The molecule has 1 nitrogen and oxygen atoms in total. The number of pyridine rings is 1. The van der Waals surface area contributed by atoms with E-state index in [1.807, 2.05) is 36.4 Å². The molecule has 1 heterocycles. The van der Waals surface area contributed by atoms with Gasteiger partial charge in [0.25, 0.3) is 0 Å². The quantitative estimate of drug-likeness (QED) is 0.613. The molecule has 1 aromatic heterocycles. The molecule has 0 fully saturated rings. The van der Waals surface area contributed by atoms with Crippen LogP contribution in [0.2, 0.25) is 0 Å². The Labute approximate surface area is 83.4 Å².